The number of aromatic nitrogens is 1. The van der Waals surface area contributed by atoms with E-state index in [-0.39, 0.29) is 18.0 Å². The predicted molar refractivity (Wildman–Crippen MR) is 69.4 cm³/mol. The van der Waals surface area contributed by atoms with Crippen molar-refractivity contribution in [2.45, 2.75) is 19.9 Å². The van der Waals surface area contributed by atoms with E-state index in [0.717, 1.165) is 12.0 Å². The average Bonchev–Trinajstić information content (AvgIpc) is 2.32. The Morgan fingerprint density at radius 1 is 1.56 bits per heavy atom. The quantitative estimate of drug-likeness (QED) is 0.693. The molecule has 6 heteroatoms. The SMILES string of the molecule is COCCCNC(=O)Cn1cc(N)c(C)cc1=O. The lowest BCUT2D eigenvalue weighted by Gasteiger charge is -2.09. The van der Waals surface area contributed by atoms with Crippen LogP contribution >= 0.6 is 0 Å². The van der Waals surface area contributed by atoms with Crippen molar-refractivity contribution in [3.63, 3.8) is 0 Å². The summed E-state index contributed by atoms with van der Waals surface area (Å²) in [4.78, 5) is 23.2. The van der Waals surface area contributed by atoms with E-state index in [4.69, 9.17) is 10.5 Å². The number of nitrogen functional groups attached to an aromatic ring is 1. The van der Waals surface area contributed by atoms with Crippen LogP contribution in [0.15, 0.2) is 17.1 Å². The Morgan fingerprint density at radius 2 is 2.28 bits per heavy atom. The van der Waals surface area contributed by atoms with E-state index in [0.29, 0.717) is 18.8 Å². The zero-order valence-corrected chi connectivity index (χ0v) is 10.7. The fourth-order valence-corrected chi connectivity index (χ4v) is 1.46. The summed E-state index contributed by atoms with van der Waals surface area (Å²) in [6.45, 7) is 2.86. The molecule has 0 aliphatic carbocycles. The van der Waals surface area contributed by atoms with Gasteiger partial charge in [-0.25, -0.2) is 0 Å². The highest BCUT2D eigenvalue weighted by Crippen LogP contribution is 2.04. The molecule has 6 nitrogen and oxygen atoms in total. The standard InChI is InChI=1S/C12H19N3O3/c1-9-6-12(17)15(7-10(9)13)8-11(16)14-4-3-5-18-2/h6-7H,3-5,8,13H2,1-2H3,(H,14,16). The third kappa shape index (κ3) is 4.21. The van der Waals surface area contributed by atoms with Gasteiger partial charge >= 0.3 is 0 Å². The van der Waals surface area contributed by atoms with Gasteiger partial charge in [0.05, 0.1) is 5.69 Å². The molecule has 1 aromatic heterocycles. The summed E-state index contributed by atoms with van der Waals surface area (Å²) >= 11 is 0. The number of pyridine rings is 1. The van der Waals surface area contributed by atoms with Gasteiger partial charge in [-0.3, -0.25) is 9.59 Å². The average molecular weight is 253 g/mol. The van der Waals surface area contributed by atoms with E-state index in [1.54, 1.807) is 14.0 Å². The third-order valence-electron chi connectivity index (χ3n) is 2.53. The van der Waals surface area contributed by atoms with Gasteiger partial charge in [-0.15, -0.1) is 0 Å². The molecule has 1 aromatic rings. The van der Waals surface area contributed by atoms with Crippen molar-refractivity contribution in [3.8, 4) is 0 Å². The largest absolute Gasteiger partial charge is 0.397 e. The Hall–Kier alpha value is -1.82. The van der Waals surface area contributed by atoms with Crippen LogP contribution in [0.25, 0.3) is 0 Å². The van der Waals surface area contributed by atoms with E-state index in [9.17, 15) is 9.59 Å². The molecule has 18 heavy (non-hydrogen) atoms. The van der Waals surface area contributed by atoms with Gasteiger partial charge in [0.25, 0.3) is 5.56 Å². The summed E-state index contributed by atoms with van der Waals surface area (Å²) in [5, 5.41) is 2.71. The zero-order valence-electron chi connectivity index (χ0n) is 10.7. The number of rotatable bonds is 6. The molecule has 0 aliphatic rings. The number of methoxy groups -OCH3 is 1. The minimum Gasteiger partial charge on any atom is -0.397 e. The van der Waals surface area contributed by atoms with Crippen LogP contribution in [0.4, 0.5) is 5.69 Å². The molecule has 1 amide bonds. The molecule has 0 spiro atoms. The molecule has 0 aliphatic heterocycles. The number of amides is 1. The second kappa shape index (κ2) is 6.80. The number of ether oxygens (including phenoxy) is 1. The normalized spacial score (nSPS) is 10.3. The number of carbonyl (C=O) groups is 1. The Kier molecular flexibility index (Phi) is 5.38. The molecule has 0 aromatic carbocycles. The number of carbonyl (C=O) groups excluding carboxylic acids is 1. The Morgan fingerprint density at radius 3 is 2.94 bits per heavy atom. The summed E-state index contributed by atoms with van der Waals surface area (Å²) in [6.07, 6.45) is 2.24. The highest BCUT2D eigenvalue weighted by molar-refractivity contribution is 5.75. The van der Waals surface area contributed by atoms with Crippen molar-refractivity contribution < 1.29 is 9.53 Å². The maximum absolute atomic E-state index is 11.6. The fourth-order valence-electron chi connectivity index (χ4n) is 1.46. The first-order chi connectivity index (χ1) is 8.54. The van der Waals surface area contributed by atoms with Crippen LogP contribution in [0.1, 0.15) is 12.0 Å². The molecule has 1 rings (SSSR count). The minimum atomic E-state index is -0.228. The smallest absolute Gasteiger partial charge is 0.251 e. The van der Waals surface area contributed by atoms with Gasteiger partial charge in [-0.2, -0.15) is 0 Å². The molecule has 0 radical (unpaired) electrons. The first kappa shape index (κ1) is 14.2. The first-order valence-corrected chi connectivity index (χ1v) is 5.77. The summed E-state index contributed by atoms with van der Waals surface area (Å²) < 4.78 is 6.17. The minimum absolute atomic E-state index is 0.0176. The number of hydrogen-bond donors (Lipinski definition) is 2. The van der Waals surface area contributed by atoms with Gasteiger partial charge < -0.3 is 20.4 Å². The van der Waals surface area contributed by atoms with Crippen molar-refractivity contribution in [2.75, 3.05) is 26.0 Å². The van der Waals surface area contributed by atoms with Gasteiger partial charge in [-0.1, -0.05) is 0 Å². The maximum atomic E-state index is 11.6. The lowest BCUT2D eigenvalue weighted by Crippen LogP contribution is -2.33. The highest BCUT2D eigenvalue weighted by Gasteiger charge is 2.05. The van der Waals surface area contributed by atoms with Crippen LogP contribution in [0.2, 0.25) is 0 Å². The Balaban J connectivity index is 2.54. The topological polar surface area (TPSA) is 86.3 Å². The molecular formula is C12H19N3O3. The fraction of sp³-hybridized carbons (Fsp3) is 0.500. The van der Waals surface area contributed by atoms with Crippen molar-refractivity contribution in [2.24, 2.45) is 0 Å². The van der Waals surface area contributed by atoms with Crippen LogP contribution in [-0.2, 0) is 16.1 Å². The maximum Gasteiger partial charge on any atom is 0.251 e. The molecule has 0 fully saturated rings. The summed E-state index contributed by atoms with van der Waals surface area (Å²) in [7, 11) is 1.61. The number of aryl methyl sites for hydroxylation is 1. The molecule has 0 saturated heterocycles. The monoisotopic (exact) mass is 253 g/mol. The van der Waals surface area contributed by atoms with Crippen molar-refractivity contribution in [1.82, 2.24) is 9.88 Å². The summed E-state index contributed by atoms with van der Waals surface area (Å²) in [6, 6.07) is 1.42. The lowest BCUT2D eigenvalue weighted by molar-refractivity contribution is -0.121. The van der Waals surface area contributed by atoms with Gasteiger partial charge in [0.15, 0.2) is 0 Å². The predicted octanol–water partition coefficient (Wildman–Crippen LogP) is -0.108. The molecule has 1 heterocycles. The van der Waals surface area contributed by atoms with E-state index in [2.05, 4.69) is 5.32 Å². The zero-order chi connectivity index (χ0) is 13.5. The van der Waals surface area contributed by atoms with E-state index in [1.165, 1.54) is 16.8 Å². The lowest BCUT2D eigenvalue weighted by atomic mass is 10.2. The Bertz CT molecular complexity index is 468. The molecule has 0 saturated carbocycles. The number of anilines is 1. The Labute approximate surface area is 106 Å². The van der Waals surface area contributed by atoms with Crippen molar-refractivity contribution >= 4 is 11.6 Å². The van der Waals surface area contributed by atoms with Crippen LogP contribution < -0.4 is 16.6 Å². The van der Waals surface area contributed by atoms with Crippen LogP contribution in [0.5, 0.6) is 0 Å². The molecule has 0 bridgehead atoms. The summed E-state index contributed by atoms with van der Waals surface area (Å²) in [5.41, 5.74) is 6.69. The molecule has 0 atom stereocenters. The first-order valence-electron chi connectivity index (χ1n) is 5.77. The van der Waals surface area contributed by atoms with E-state index in [1.807, 2.05) is 0 Å². The molecule has 100 valence electrons. The second-order valence-corrected chi connectivity index (χ2v) is 4.07. The van der Waals surface area contributed by atoms with Crippen LogP contribution in [-0.4, -0.2) is 30.7 Å². The van der Waals surface area contributed by atoms with E-state index >= 15 is 0 Å². The number of hydrogen-bond acceptors (Lipinski definition) is 4. The highest BCUT2D eigenvalue weighted by atomic mass is 16.5. The number of nitrogens with two attached hydrogens (primary N) is 1. The number of nitrogens with one attached hydrogen (secondary N) is 1. The summed E-state index contributed by atoms with van der Waals surface area (Å²) in [5.74, 6) is -0.212. The van der Waals surface area contributed by atoms with Crippen molar-refractivity contribution in [3.05, 3.63) is 28.2 Å². The number of nitrogens with zero attached hydrogens (tertiary/aromatic N) is 1. The van der Waals surface area contributed by atoms with Crippen LogP contribution in [0, 0.1) is 6.92 Å². The van der Waals surface area contributed by atoms with Gasteiger partial charge in [0.1, 0.15) is 6.54 Å². The molecule has 3 N–H and O–H groups in total. The van der Waals surface area contributed by atoms with Gasteiger partial charge in [0.2, 0.25) is 5.91 Å². The molecule has 0 unspecified atom stereocenters. The van der Waals surface area contributed by atoms with E-state index < -0.39 is 0 Å². The molecular weight excluding hydrogens is 234 g/mol. The van der Waals surface area contributed by atoms with Gasteiger partial charge in [0, 0.05) is 32.5 Å². The van der Waals surface area contributed by atoms with Gasteiger partial charge in [-0.05, 0) is 18.9 Å². The second-order valence-electron chi connectivity index (χ2n) is 4.07. The van der Waals surface area contributed by atoms with Crippen LogP contribution in [0.3, 0.4) is 0 Å². The third-order valence-corrected chi connectivity index (χ3v) is 2.53. The van der Waals surface area contributed by atoms with Crippen molar-refractivity contribution in [1.29, 1.82) is 0 Å².